The summed E-state index contributed by atoms with van der Waals surface area (Å²) in [6, 6.07) is 10.0. The van der Waals surface area contributed by atoms with Crippen LogP contribution in [0.4, 0.5) is 5.13 Å². The smallest absolute Gasteiger partial charge is 0.185 e. The highest BCUT2D eigenvalue weighted by atomic mass is 32.1. The molecule has 1 aliphatic rings. The van der Waals surface area contributed by atoms with Crippen molar-refractivity contribution in [2.24, 2.45) is 0 Å². The van der Waals surface area contributed by atoms with E-state index in [9.17, 15) is 0 Å². The quantitative estimate of drug-likeness (QED) is 0.693. The summed E-state index contributed by atoms with van der Waals surface area (Å²) in [5.41, 5.74) is 4.63. The molecule has 1 atom stereocenters. The van der Waals surface area contributed by atoms with Crippen LogP contribution in [0.3, 0.4) is 0 Å². The monoisotopic (exact) mass is 369 g/mol. The van der Waals surface area contributed by atoms with Crippen molar-refractivity contribution in [2.75, 3.05) is 25.6 Å². The first-order chi connectivity index (χ1) is 12.5. The number of hydrogen-bond donors (Lipinski definition) is 0. The zero-order valence-corrected chi connectivity index (χ0v) is 16.3. The molecule has 0 radical (unpaired) electrons. The van der Waals surface area contributed by atoms with E-state index < -0.39 is 0 Å². The van der Waals surface area contributed by atoms with Crippen LogP contribution in [0.1, 0.15) is 11.4 Å². The van der Waals surface area contributed by atoms with E-state index in [0.717, 1.165) is 28.9 Å². The Labute approximate surface area is 157 Å². The summed E-state index contributed by atoms with van der Waals surface area (Å²) >= 11 is 1.67. The first kappa shape index (κ1) is 17.0. The third-order valence-corrected chi connectivity index (χ3v) is 5.69. The molecule has 0 bridgehead atoms. The number of aryl methyl sites for hydroxylation is 1. The minimum absolute atomic E-state index is 0.00433. The van der Waals surface area contributed by atoms with Gasteiger partial charge in [0.05, 0.1) is 12.2 Å². The van der Waals surface area contributed by atoms with Gasteiger partial charge in [0, 0.05) is 36.4 Å². The van der Waals surface area contributed by atoms with Gasteiger partial charge < -0.3 is 18.9 Å². The van der Waals surface area contributed by atoms with Gasteiger partial charge >= 0.3 is 0 Å². The molecule has 0 spiro atoms. The maximum Gasteiger partial charge on any atom is 0.185 e. The molecule has 26 heavy (non-hydrogen) atoms. The number of nitrogens with zero attached hydrogens (tertiary/aromatic N) is 3. The minimum atomic E-state index is -0.00433. The largest absolute Gasteiger partial charge is 0.486 e. The van der Waals surface area contributed by atoms with E-state index in [0.29, 0.717) is 6.61 Å². The molecule has 0 amide bonds. The maximum atomic E-state index is 6.13. The molecule has 5 nitrogen and oxygen atoms in total. The number of para-hydroxylation sites is 2. The third kappa shape index (κ3) is 3.05. The minimum Gasteiger partial charge on any atom is -0.486 e. The summed E-state index contributed by atoms with van der Waals surface area (Å²) in [6.45, 7) is 5.60. The molecule has 0 unspecified atom stereocenters. The number of rotatable bonds is 4. The number of anilines is 1. The van der Waals surface area contributed by atoms with Gasteiger partial charge in [-0.1, -0.05) is 12.1 Å². The number of benzene rings is 1. The Hall–Kier alpha value is -2.47. The molecule has 0 fully saturated rings. The zero-order valence-electron chi connectivity index (χ0n) is 15.5. The molecule has 2 aromatic heterocycles. The molecule has 3 heterocycles. The number of hydrogen-bond acceptors (Lipinski definition) is 5. The van der Waals surface area contributed by atoms with Gasteiger partial charge in [-0.25, -0.2) is 4.98 Å². The maximum absolute atomic E-state index is 6.13. The van der Waals surface area contributed by atoms with Gasteiger partial charge in [-0.05, 0) is 32.0 Å². The highest BCUT2D eigenvalue weighted by Crippen LogP contribution is 2.33. The lowest BCUT2D eigenvalue weighted by atomic mass is 10.2. The Bertz CT molecular complexity index is 929. The van der Waals surface area contributed by atoms with Crippen molar-refractivity contribution >= 4 is 16.5 Å². The molecule has 3 aromatic rings. The van der Waals surface area contributed by atoms with E-state index in [1.807, 2.05) is 43.3 Å². The molecule has 4 rings (SSSR count). The fraction of sp³-hybridized carbons (Fsp3) is 0.350. The van der Waals surface area contributed by atoms with E-state index in [-0.39, 0.29) is 6.10 Å². The predicted molar refractivity (Wildman–Crippen MR) is 106 cm³/mol. The lowest BCUT2D eigenvalue weighted by Crippen LogP contribution is -2.33. The van der Waals surface area contributed by atoms with Gasteiger partial charge in [0.2, 0.25) is 0 Å². The van der Waals surface area contributed by atoms with Crippen LogP contribution in [-0.4, -0.2) is 36.4 Å². The van der Waals surface area contributed by atoms with Crippen LogP contribution < -0.4 is 14.4 Å². The molecule has 1 aliphatic heterocycles. The highest BCUT2D eigenvalue weighted by Gasteiger charge is 2.23. The third-order valence-electron chi connectivity index (χ3n) is 4.68. The molecule has 1 aromatic carbocycles. The number of ether oxygens (including phenoxy) is 2. The van der Waals surface area contributed by atoms with Crippen molar-refractivity contribution in [1.82, 2.24) is 9.55 Å². The second-order valence-electron chi connectivity index (χ2n) is 6.80. The summed E-state index contributed by atoms with van der Waals surface area (Å²) in [4.78, 5) is 6.79. The van der Waals surface area contributed by atoms with E-state index in [2.05, 4.69) is 29.9 Å². The molecule has 136 valence electrons. The first-order valence-corrected chi connectivity index (χ1v) is 9.59. The molecular weight excluding hydrogens is 346 g/mol. The fourth-order valence-corrected chi connectivity index (χ4v) is 4.05. The van der Waals surface area contributed by atoms with Gasteiger partial charge in [0.1, 0.15) is 6.61 Å². The van der Waals surface area contributed by atoms with Gasteiger partial charge in [-0.3, -0.25) is 0 Å². The van der Waals surface area contributed by atoms with E-state index >= 15 is 0 Å². The van der Waals surface area contributed by atoms with Crippen molar-refractivity contribution < 1.29 is 9.47 Å². The van der Waals surface area contributed by atoms with E-state index in [1.165, 1.54) is 17.0 Å². The van der Waals surface area contributed by atoms with Crippen LogP contribution in [0.5, 0.6) is 11.5 Å². The first-order valence-electron chi connectivity index (χ1n) is 8.71. The predicted octanol–water partition coefficient (Wildman–Crippen LogP) is 4.13. The van der Waals surface area contributed by atoms with Crippen molar-refractivity contribution in [3.8, 4) is 22.8 Å². The average molecular weight is 369 g/mol. The Balaban J connectivity index is 1.57. The number of fused-ring (bicyclic) bond motifs is 1. The zero-order chi connectivity index (χ0) is 18.3. The number of aromatic nitrogens is 2. The SMILES string of the molecule is Cc1cc(-c2csc(N(C)C)n2)c(C)n1C[C@@H]1COc2ccccc2O1. The van der Waals surface area contributed by atoms with Gasteiger partial charge in [0.15, 0.2) is 22.7 Å². The summed E-state index contributed by atoms with van der Waals surface area (Å²) in [5.74, 6) is 1.64. The topological polar surface area (TPSA) is 39.5 Å². The summed E-state index contributed by atoms with van der Waals surface area (Å²) in [7, 11) is 4.04. The van der Waals surface area contributed by atoms with Crippen LogP contribution in [0.2, 0.25) is 0 Å². The second kappa shape index (κ2) is 6.68. The molecule has 0 saturated carbocycles. The summed E-state index contributed by atoms with van der Waals surface area (Å²) < 4.78 is 14.3. The van der Waals surface area contributed by atoms with E-state index in [4.69, 9.17) is 14.5 Å². The summed E-state index contributed by atoms with van der Waals surface area (Å²) in [6.07, 6.45) is -0.00433. The molecule has 0 saturated heterocycles. The Kier molecular flexibility index (Phi) is 4.36. The van der Waals surface area contributed by atoms with Crippen molar-refractivity contribution in [2.45, 2.75) is 26.5 Å². The van der Waals surface area contributed by atoms with Gasteiger partial charge in [-0.15, -0.1) is 11.3 Å². The summed E-state index contributed by atoms with van der Waals surface area (Å²) in [5, 5.41) is 3.14. The van der Waals surface area contributed by atoms with Crippen molar-refractivity contribution in [1.29, 1.82) is 0 Å². The van der Waals surface area contributed by atoms with Crippen LogP contribution in [-0.2, 0) is 6.54 Å². The van der Waals surface area contributed by atoms with Crippen molar-refractivity contribution in [3.63, 3.8) is 0 Å². The number of thiazole rings is 1. The molecule has 0 N–H and O–H groups in total. The standard InChI is InChI=1S/C20H23N3O2S/c1-13-9-16(17-12-26-20(21-17)22(3)4)14(2)23(13)10-15-11-24-18-7-5-6-8-19(18)25-15/h5-9,12,15H,10-11H2,1-4H3/t15-/m1/s1. The van der Waals surface area contributed by atoms with Crippen LogP contribution >= 0.6 is 11.3 Å². The fourth-order valence-electron chi connectivity index (χ4n) is 3.29. The lowest BCUT2D eigenvalue weighted by molar-refractivity contribution is 0.0778. The average Bonchev–Trinajstić information content (AvgIpc) is 3.22. The molecule has 0 aliphatic carbocycles. The second-order valence-corrected chi connectivity index (χ2v) is 7.64. The van der Waals surface area contributed by atoms with E-state index in [1.54, 1.807) is 11.3 Å². The molecule has 6 heteroatoms. The van der Waals surface area contributed by atoms with Crippen LogP contribution in [0.25, 0.3) is 11.3 Å². The Morgan fingerprint density at radius 1 is 1.23 bits per heavy atom. The van der Waals surface area contributed by atoms with Crippen molar-refractivity contribution in [3.05, 3.63) is 47.1 Å². The Morgan fingerprint density at radius 3 is 2.73 bits per heavy atom. The molecular formula is C20H23N3O2S. The normalized spacial score (nSPS) is 15.9. The van der Waals surface area contributed by atoms with Gasteiger partial charge in [-0.2, -0.15) is 0 Å². The van der Waals surface area contributed by atoms with Crippen LogP contribution in [0, 0.1) is 13.8 Å². The lowest BCUT2D eigenvalue weighted by Gasteiger charge is -2.27. The Morgan fingerprint density at radius 2 is 2.00 bits per heavy atom. The van der Waals surface area contributed by atoms with Crippen LogP contribution in [0.15, 0.2) is 35.7 Å². The van der Waals surface area contributed by atoms with Gasteiger partial charge in [0.25, 0.3) is 0 Å². The highest BCUT2D eigenvalue weighted by molar-refractivity contribution is 7.14.